The molecule has 0 bridgehead atoms. The van der Waals surface area contributed by atoms with Crippen molar-refractivity contribution in [1.29, 1.82) is 0 Å². The lowest BCUT2D eigenvalue weighted by molar-refractivity contribution is 0.208. The number of hydrogen-bond acceptors (Lipinski definition) is 3. The molecular weight excluding hydrogens is 246 g/mol. The van der Waals surface area contributed by atoms with Gasteiger partial charge in [0.15, 0.2) is 0 Å². The number of aromatic nitrogens is 1. The Balaban J connectivity index is 1.76. The highest BCUT2D eigenvalue weighted by Crippen LogP contribution is 2.16. The molecule has 1 atom stereocenters. The van der Waals surface area contributed by atoms with Crippen LogP contribution in [0.25, 0.3) is 0 Å². The maximum absolute atomic E-state index is 4.08. The summed E-state index contributed by atoms with van der Waals surface area (Å²) in [6.07, 6.45) is 8.55. The van der Waals surface area contributed by atoms with E-state index in [0.29, 0.717) is 12.1 Å². The first kappa shape index (κ1) is 15.2. The van der Waals surface area contributed by atoms with Crippen molar-refractivity contribution in [3.05, 3.63) is 41.7 Å². The molecule has 20 heavy (non-hydrogen) atoms. The van der Waals surface area contributed by atoms with Gasteiger partial charge in [-0.15, -0.1) is 0 Å². The molecule has 0 spiro atoms. The number of nitrogens with zero attached hydrogens (tertiary/aromatic N) is 2. The van der Waals surface area contributed by atoms with Gasteiger partial charge in [0, 0.05) is 31.0 Å². The van der Waals surface area contributed by atoms with E-state index in [1.54, 1.807) is 0 Å². The highest BCUT2D eigenvalue weighted by molar-refractivity contribution is 5.14. The van der Waals surface area contributed by atoms with E-state index in [-0.39, 0.29) is 0 Å². The predicted molar refractivity (Wildman–Crippen MR) is 84.7 cm³/mol. The van der Waals surface area contributed by atoms with E-state index < -0.39 is 0 Å². The quantitative estimate of drug-likeness (QED) is 0.835. The van der Waals surface area contributed by atoms with Gasteiger partial charge in [0.25, 0.3) is 0 Å². The van der Waals surface area contributed by atoms with Gasteiger partial charge in [0.1, 0.15) is 0 Å². The molecule has 1 aromatic rings. The fourth-order valence-corrected chi connectivity index (χ4v) is 2.70. The van der Waals surface area contributed by atoms with Gasteiger partial charge < -0.3 is 5.32 Å². The number of piperidine rings is 1. The van der Waals surface area contributed by atoms with E-state index in [2.05, 4.69) is 54.2 Å². The molecule has 0 aliphatic carbocycles. The fourth-order valence-electron chi connectivity index (χ4n) is 2.70. The van der Waals surface area contributed by atoms with E-state index in [9.17, 15) is 0 Å². The summed E-state index contributed by atoms with van der Waals surface area (Å²) in [4.78, 5) is 6.62. The molecule has 1 aromatic heterocycles. The monoisotopic (exact) mass is 273 g/mol. The van der Waals surface area contributed by atoms with E-state index in [1.165, 1.54) is 37.1 Å². The van der Waals surface area contributed by atoms with Crippen LogP contribution in [0.2, 0.25) is 0 Å². The smallest absolute Gasteiger partial charge is 0.0295 e. The van der Waals surface area contributed by atoms with Crippen molar-refractivity contribution in [2.45, 2.75) is 45.7 Å². The number of rotatable bonds is 5. The van der Waals surface area contributed by atoms with Crippen molar-refractivity contribution < 1.29 is 0 Å². The molecule has 3 nitrogen and oxygen atoms in total. The zero-order valence-corrected chi connectivity index (χ0v) is 13.0. The van der Waals surface area contributed by atoms with Gasteiger partial charge in [-0.05, 0) is 64.4 Å². The van der Waals surface area contributed by atoms with Crippen LogP contribution in [-0.2, 0) is 0 Å². The maximum atomic E-state index is 4.08. The minimum absolute atomic E-state index is 0.410. The fraction of sp³-hybridized carbons (Fsp3) is 0.588. The third-order valence-corrected chi connectivity index (χ3v) is 4.04. The molecule has 0 amide bonds. The van der Waals surface area contributed by atoms with Gasteiger partial charge >= 0.3 is 0 Å². The molecule has 2 heterocycles. The highest BCUT2D eigenvalue weighted by atomic mass is 15.1. The standard InChI is InChI=1S/C17H27N3/c1-14(2)6-11-20-12-7-17(8-13-20)19-15(3)16-4-9-18-10-5-16/h4-6,9-10,15,17,19H,7-8,11-13H2,1-3H3/t15-/m0/s1. The zero-order valence-electron chi connectivity index (χ0n) is 13.0. The van der Waals surface area contributed by atoms with Gasteiger partial charge in [-0.3, -0.25) is 9.88 Å². The van der Waals surface area contributed by atoms with Gasteiger partial charge in [-0.2, -0.15) is 0 Å². The van der Waals surface area contributed by atoms with Crippen LogP contribution in [0.4, 0.5) is 0 Å². The molecule has 1 N–H and O–H groups in total. The maximum Gasteiger partial charge on any atom is 0.0295 e. The predicted octanol–water partition coefficient (Wildman–Crippen LogP) is 3.16. The molecule has 0 unspecified atom stereocenters. The van der Waals surface area contributed by atoms with E-state index in [4.69, 9.17) is 0 Å². The molecule has 0 radical (unpaired) electrons. The lowest BCUT2D eigenvalue weighted by Crippen LogP contribution is -2.43. The summed E-state index contributed by atoms with van der Waals surface area (Å²) in [5.74, 6) is 0. The van der Waals surface area contributed by atoms with E-state index in [1.807, 2.05) is 12.4 Å². The molecule has 0 aromatic carbocycles. The van der Waals surface area contributed by atoms with Crippen molar-refractivity contribution in [2.24, 2.45) is 0 Å². The van der Waals surface area contributed by atoms with Crippen LogP contribution in [0.15, 0.2) is 36.2 Å². The Morgan fingerprint density at radius 3 is 2.60 bits per heavy atom. The van der Waals surface area contributed by atoms with E-state index in [0.717, 1.165) is 6.54 Å². The number of likely N-dealkylation sites (tertiary alicyclic amines) is 1. The minimum atomic E-state index is 0.410. The zero-order chi connectivity index (χ0) is 14.4. The Morgan fingerprint density at radius 1 is 1.35 bits per heavy atom. The third-order valence-electron chi connectivity index (χ3n) is 4.04. The molecule has 1 fully saturated rings. The molecule has 110 valence electrons. The summed E-state index contributed by atoms with van der Waals surface area (Å²) >= 11 is 0. The first-order valence-corrected chi connectivity index (χ1v) is 7.67. The Kier molecular flexibility index (Phi) is 5.74. The van der Waals surface area contributed by atoms with Gasteiger partial charge in [-0.25, -0.2) is 0 Å². The second-order valence-electron chi connectivity index (χ2n) is 6.03. The lowest BCUT2D eigenvalue weighted by atomic mass is 10.0. The second kappa shape index (κ2) is 7.55. The van der Waals surface area contributed by atoms with Crippen molar-refractivity contribution in [3.63, 3.8) is 0 Å². The summed E-state index contributed by atoms with van der Waals surface area (Å²) in [6, 6.07) is 5.25. The van der Waals surface area contributed by atoms with Gasteiger partial charge in [0.05, 0.1) is 0 Å². The largest absolute Gasteiger partial charge is 0.307 e. The molecule has 2 rings (SSSR count). The second-order valence-corrected chi connectivity index (χ2v) is 6.03. The molecule has 3 heteroatoms. The van der Waals surface area contributed by atoms with E-state index >= 15 is 0 Å². The Bertz CT molecular complexity index is 415. The summed E-state index contributed by atoms with van der Waals surface area (Å²) in [5.41, 5.74) is 2.74. The molecule has 1 aliphatic heterocycles. The topological polar surface area (TPSA) is 28.2 Å². The summed E-state index contributed by atoms with van der Waals surface area (Å²) in [5, 5.41) is 3.75. The summed E-state index contributed by atoms with van der Waals surface area (Å²) in [7, 11) is 0. The van der Waals surface area contributed by atoms with Crippen LogP contribution in [-0.4, -0.2) is 35.6 Å². The number of pyridine rings is 1. The SMILES string of the molecule is CC(C)=CCN1CCC(N[C@@H](C)c2ccncc2)CC1. The molecule has 1 saturated heterocycles. The van der Waals surface area contributed by atoms with Crippen LogP contribution in [0, 0.1) is 0 Å². The normalized spacial score (nSPS) is 18.8. The van der Waals surface area contributed by atoms with Crippen molar-refractivity contribution in [1.82, 2.24) is 15.2 Å². The Hall–Kier alpha value is -1.19. The number of hydrogen-bond donors (Lipinski definition) is 1. The Labute approximate surface area is 123 Å². The molecule has 0 saturated carbocycles. The highest BCUT2D eigenvalue weighted by Gasteiger charge is 2.20. The Morgan fingerprint density at radius 2 is 2.00 bits per heavy atom. The van der Waals surface area contributed by atoms with Gasteiger partial charge in [-0.1, -0.05) is 11.6 Å². The lowest BCUT2D eigenvalue weighted by Gasteiger charge is -2.33. The van der Waals surface area contributed by atoms with Crippen LogP contribution in [0.5, 0.6) is 0 Å². The van der Waals surface area contributed by atoms with Crippen LogP contribution >= 0.6 is 0 Å². The van der Waals surface area contributed by atoms with Crippen molar-refractivity contribution >= 4 is 0 Å². The van der Waals surface area contributed by atoms with Crippen LogP contribution in [0.1, 0.15) is 45.2 Å². The first-order valence-electron chi connectivity index (χ1n) is 7.67. The van der Waals surface area contributed by atoms with Crippen molar-refractivity contribution in [2.75, 3.05) is 19.6 Å². The van der Waals surface area contributed by atoms with Gasteiger partial charge in [0.2, 0.25) is 0 Å². The number of allylic oxidation sites excluding steroid dienone is 1. The third kappa shape index (κ3) is 4.73. The molecular formula is C17H27N3. The average molecular weight is 273 g/mol. The van der Waals surface area contributed by atoms with Crippen LogP contribution < -0.4 is 5.32 Å². The van der Waals surface area contributed by atoms with Crippen LogP contribution in [0.3, 0.4) is 0 Å². The van der Waals surface area contributed by atoms with Crippen molar-refractivity contribution in [3.8, 4) is 0 Å². The summed E-state index contributed by atoms with van der Waals surface area (Å²) in [6.45, 7) is 10.1. The summed E-state index contributed by atoms with van der Waals surface area (Å²) < 4.78 is 0. The minimum Gasteiger partial charge on any atom is -0.307 e. The first-order chi connectivity index (χ1) is 9.65. The number of nitrogens with one attached hydrogen (secondary N) is 1. The molecule has 1 aliphatic rings. The average Bonchev–Trinajstić information content (AvgIpc) is 2.47.